The van der Waals surface area contributed by atoms with Crippen molar-refractivity contribution >= 4 is 27.8 Å². The molecule has 8 nitrogen and oxygen atoms in total. The third kappa shape index (κ3) is 5.76. The first-order chi connectivity index (χ1) is 12.3. The molecule has 0 aromatic heterocycles. The third-order valence-corrected chi connectivity index (χ3v) is 5.52. The Balaban J connectivity index is 1.93. The van der Waals surface area contributed by atoms with E-state index in [9.17, 15) is 18.0 Å². The number of amides is 1. The zero-order chi connectivity index (χ0) is 19.2. The number of rotatable bonds is 7. The highest BCUT2D eigenvalue weighted by molar-refractivity contribution is 7.91. The van der Waals surface area contributed by atoms with Crippen LogP contribution >= 0.6 is 0 Å². The molecule has 1 N–H and O–H groups in total. The van der Waals surface area contributed by atoms with Crippen molar-refractivity contribution in [3.63, 3.8) is 0 Å². The smallest absolute Gasteiger partial charge is 0.330 e. The van der Waals surface area contributed by atoms with Crippen LogP contribution < -0.4 is 14.8 Å². The van der Waals surface area contributed by atoms with Crippen molar-refractivity contribution in [2.24, 2.45) is 0 Å². The predicted molar refractivity (Wildman–Crippen MR) is 94.7 cm³/mol. The molecular weight excluding hydrogens is 362 g/mol. The topological polar surface area (TPSA) is 108 Å². The zero-order valence-electron chi connectivity index (χ0n) is 14.6. The number of hydrogen-bond donors (Lipinski definition) is 1. The van der Waals surface area contributed by atoms with Gasteiger partial charge in [-0.3, -0.25) is 4.79 Å². The minimum absolute atomic E-state index is 0.0384. The van der Waals surface area contributed by atoms with Crippen LogP contribution in [0.2, 0.25) is 0 Å². The highest BCUT2D eigenvalue weighted by Gasteiger charge is 2.28. The molecule has 0 radical (unpaired) electrons. The van der Waals surface area contributed by atoms with E-state index in [1.54, 1.807) is 24.3 Å². The molecule has 0 aliphatic carbocycles. The number of ether oxygens (including phenoxy) is 3. The van der Waals surface area contributed by atoms with Crippen LogP contribution in [0.15, 0.2) is 24.3 Å². The fourth-order valence-electron chi connectivity index (χ4n) is 2.46. The number of methoxy groups -OCH3 is 2. The quantitative estimate of drug-likeness (QED) is 0.541. The average molecular weight is 383 g/mol. The largest absolute Gasteiger partial charge is 0.493 e. The van der Waals surface area contributed by atoms with E-state index >= 15 is 0 Å². The fourth-order valence-corrected chi connectivity index (χ4v) is 4.13. The van der Waals surface area contributed by atoms with Crippen molar-refractivity contribution in [2.45, 2.75) is 12.5 Å². The summed E-state index contributed by atoms with van der Waals surface area (Å²) in [6, 6.07) is 4.58. The molecule has 1 aromatic carbocycles. The summed E-state index contributed by atoms with van der Waals surface area (Å²) in [7, 11) is -0.306. The summed E-state index contributed by atoms with van der Waals surface area (Å²) in [6.45, 7) is -0.260. The molecule has 1 aliphatic rings. The van der Waals surface area contributed by atoms with Crippen LogP contribution in [0, 0.1) is 0 Å². The van der Waals surface area contributed by atoms with Gasteiger partial charge in [-0.2, -0.15) is 0 Å². The van der Waals surface area contributed by atoms with Gasteiger partial charge in [0, 0.05) is 12.1 Å². The molecule has 0 unspecified atom stereocenters. The summed E-state index contributed by atoms with van der Waals surface area (Å²) in [5, 5.41) is 2.65. The van der Waals surface area contributed by atoms with E-state index in [2.05, 4.69) is 10.1 Å². The first-order valence-corrected chi connectivity index (χ1v) is 9.72. The molecule has 0 saturated carbocycles. The number of carbonyl (C=O) groups excluding carboxylic acids is 2. The van der Waals surface area contributed by atoms with E-state index in [1.807, 2.05) is 0 Å². The van der Waals surface area contributed by atoms with Gasteiger partial charge >= 0.3 is 5.97 Å². The van der Waals surface area contributed by atoms with E-state index < -0.39 is 21.7 Å². The SMILES string of the molecule is COC(=O)/C=C\c1ccc(OCC(=O)N[C@H]2CCS(=O)(=O)C2)c(OC)c1. The Kier molecular flexibility index (Phi) is 6.62. The van der Waals surface area contributed by atoms with Gasteiger partial charge in [0.1, 0.15) is 0 Å². The Bertz CT molecular complexity index is 801. The molecule has 2 rings (SSSR count). The Labute approximate surface area is 152 Å². The normalized spacial score (nSPS) is 18.5. The summed E-state index contributed by atoms with van der Waals surface area (Å²) in [4.78, 5) is 23.0. The van der Waals surface area contributed by atoms with Crippen molar-refractivity contribution in [3.8, 4) is 11.5 Å². The molecule has 1 atom stereocenters. The predicted octanol–water partition coefficient (Wildman–Crippen LogP) is 0.564. The van der Waals surface area contributed by atoms with Gasteiger partial charge in [0.15, 0.2) is 27.9 Å². The van der Waals surface area contributed by atoms with Gasteiger partial charge in [0.2, 0.25) is 0 Å². The maximum absolute atomic E-state index is 11.9. The molecule has 0 spiro atoms. The number of esters is 1. The van der Waals surface area contributed by atoms with Gasteiger partial charge in [-0.1, -0.05) is 6.07 Å². The van der Waals surface area contributed by atoms with Gasteiger partial charge in [-0.05, 0) is 30.2 Å². The third-order valence-electron chi connectivity index (χ3n) is 3.76. The lowest BCUT2D eigenvalue weighted by molar-refractivity contribution is -0.134. The standard InChI is InChI=1S/C17H21NO7S/c1-23-15-9-12(4-6-17(20)24-2)3-5-14(15)25-10-16(19)18-13-7-8-26(21,22)11-13/h3-6,9,13H,7-8,10-11H2,1-2H3,(H,18,19)/b6-4-/t13-/m0/s1. The fraction of sp³-hybridized carbons (Fsp3) is 0.412. The Morgan fingerprint density at radius 2 is 2.04 bits per heavy atom. The second-order valence-electron chi connectivity index (χ2n) is 5.72. The summed E-state index contributed by atoms with van der Waals surface area (Å²) in [5.74, 6) is -0.0694. The molecular formula is C17H21NO7S. The van der Waals surface area contributed by atoms with Crippen molar-refractivity contribution in [3.05, 3.63) is 29.8 Å². The van der Waals surface area contributed by atoms with Gasteiger partial charge in [0.25, 0.3) is 5.91 Å². The molecule has 1 heterocycles. The summed E-state index contributed by atoms with van der Waals surface area (Å²) in [5.41, 5.74) is 0.695. The van der Waals surface area contributed by atoms with Gasteiger partial charge in [-0.25, -0.2) is 13.2 Å². The number of nitrogens with one attached hydrogen (secondary N) is 1. The van der Waals surface area contributed by atoms with E-state index in [0.29, 0.717) is 23.5 Å². The van der Waals surface area contributed by atoms with Crippen LogP contribution in [0.5, 0.6) is 11.5 Å². The number of carbonyl (C=O) groups is 2. The maximum Gasteiger partial charge on any atom is 0.330 e. The monoisotopic (exact) mass is 383 g/mol. The minimum Gasteiger partial charge on any atom is -0.493 e. The van der Waals surface area contributed by atoms with Crippen molar-refractivity contribution in [1.29, 1.82) is 0 Å². The van der Waals surface area contributed by atoms with Crippen LogP contribution in [-0.2, 0) is 24.2 Å². The molecule has 9 heteroatoms. The van der Waals surface area contributed by atoms with E-state index in [4.69, 9.17) is 9.47 Å². The number of sulfone groups is 1. The summed E-state index contributed by atoms with van der Waals surface area (Å²) < 4.78 is 38.0. The second kappa shape index (κ2) is 8.70. The van der Waals surface area contributed by atoms with Crippen molar-refractivity contribution < 1.29 is 32.2 Å². The highest BCUT2D eigenvalue weighted by Crippen LogP contribution is 2.28. The maximum atomic E-state index is 11.9. The molecule has 0 bridgehead atoms. The van der Waals surface area contributed by atoms with E-state index in [1.165, 1.54) is 20.3 Å². The summed E-state index contributed by atoms with van der Waals surface area (Å²) >= 11 is 0. The molecule has 1 saturated heterocycles. The first-order valence-electron chi connectivity index (χ1n) is 7.89. The minimum atomic E-state index is -3.05. The van der Waals surface area contributed by atoms with Gasteiger partial charge in [0.05, 0.1) is 25.7 Å². The van der Waals surface area contributed by atoms with Gasteiger partial charge < -0.3 is 19.5 Å². The van der Waals surface area contributed by atoms with Crippen molar-refractivity contribution in [2.75, 3.05) is 32.3 Å². The molecule has 1 aromatic rings. The lowest BCUT2D eigenvalue weighted by Gasteiger charge is -2.13. The second-order valence-corrected chi connectivity index (χ2v) is 7.95. The average Bonchev–Trinajstić information content (AvgIpc) is 2.96. The molecule has 1 amide bonds. The van der Waals surface area contributed by atoms with Gasteiger partial charge in [-0.15, -0.1) is 0 Å². The van der Waals surface area contributed by atoms with Crippen LogP contribution in [0.25, 0.3) is 6.08 Å². The zero-order valence-corrected chi connectivity index (χ0v) is 15.4. The van der Waals surface area contributed by atoms with Crippen LogP contribution in [0.4, 0.5) is 0 Å². The summed E-state index contributed by atoms with van der Waals surface area (Å²) in [6.07, 6.45) is 3.25. The Morgan fingerprint density at radius 1 is 1.27 bits per heavy atom. The van der Waals surface area contributed by atoms with Crippen molar-refractivity contribution in [1.82, 2.24) is 5.32 Å². The lowest BCUT2D eigenvalue weighted by atomic mass is 10.2. The Morgan fingerprint density at radius 3 is 2.65 bits per heavy atom. The highest BCUT2D eigenvalue weighted by atomic mass is 32.2. The first kappa shape index (κ1) is 19.8. The number of hydrogen-bond acceptors (Lipinski definition) is 7. The van der Waals surface area contributed by atoms with E-state index in [0.717, 1.165) is 0 Å². The van der Waals surface area contributed by atoms with Crippen LogP contribution in [-0.4, -0.2) is 58.7 Å². The molecule has 1 fully saturated rings. The van der Waals surface area contributed by atoms with E-state index in [-0.39, 0.29) is 24.2 Å². The lowest BCUT2D eigenvalue weighted by Crippen LogP contribution is -2.38. The molecule has 1 aliphatic heterocycles. The van der Waals surface area contributed by atoms with Crippen LogP contribution in [0.1, 0.15) is 12.0 Å². The molecule has 26 heavy (non-hydrogen) atoms. The number of benzene rings is 1. The van der Waals surface area contributed by atoms with Crippen LogP contribution in [0.3, 0.4) is 0 Å². The molecule has 142 valence electrons. The Hall–Kier alpha value is -2.55.